The lowest BCUT2D eigenvalue weighted by molar-refractivity contribution is -0.125. The molecule has 2 amide bonds. The van der Waals surface area contributed by atoms with Crippen molar-refractivity contribution in [1.82, 2.24) is 15.5 Å². The molecule has 1 aliphatic rings. The number of hydrogen-bond acceptors (Lipinski definition) is 5. The third-order valence-corrected chi connectivity index (χ3v) is 4.53. The van der Waals surface area contributed by atoms with Crippen molar-refractivity contribution in [2.45, 2.75) is 59.2 Å². The predicted octanol–water partition coefficient (Wildman–Crippen LogP) is 1.61. The molecule has 7 nitrogen and oxygen atoms in total. The fourth-order valence-electron chi connectivity index (χ4n) is 3.22. The first kappa shape index (κ1) is 20.9. The first-order valence-corrected chi connectivity index (χ1v) is 9.28. The van der Waals surface area contributed by atoms with Crippen LogP contribution in [-0.2, 0) is 4.79 Å². The Labute approximate surface area is 159 Å². The van der Waals surface area contributed by atoms with Gasteiger partial charge in [0, 0.05) is 37.3 Å². The Bertz CT molecular complexity index is 782. The lowest BCUT2D eigenvalue weighted by atomic mass is 10.1. The second kappa shape index (κ2) is 8.99. The third-order valence-electron chi connectivity index (χ3n) is 4.53. The molecule has 27 heavy (non-hydrogen) atoms. The largest absolute Gasteiger partial charge is 0.456 e. The molecule has 1 saturated heterocycles. The van der Waals surface area contributed by atoms with Crippen LogP contribution < -0.4 is 16.1 Å². The Balaban J connectivity index is 2.12. The number of carbonyl (C=O) groups excluding carboxylic acids is 2. The molecule has 1 aliphatic heterocycles. The van der Waals surface area contributed by atoms with Crippen molar-refractivity contribution in [2.75, 3.05) is 13.1 Å². The molecule has 148 valence electrons. The average molecular weight is 375 g/mol. The van der Waals surface area contributed by atoms with Gasteiger partial charge in [0.1, 0.15) is 5.76 Å². The minimum atomic E-state index is -0.437. The van der Waals surface area contributed by atoms with E-state index >= 15 is 0 Å². The van der Waals surface area contributed by atoms with Gasteiger partial charge in [0.05, 0.1) is 6.04 Å². The van der Waals surface area contributed by atoms with E-state index in [1.165, 1.54) is 12.1 Å². The molecule has 0 aliphatic carbocycles. The van der Waals surface area contributed by atoms with Gasteiger partial charge in [-0.05, 0) is 41.0 Å². The second-order valence-corrected chi connectivity index (χ2v) is 7.42. The number of amides is 2. The van der Waals surface area contributed by atoms with E-state index in [-0.39, 0.29) is 35.2 Å². The Morgan fingerprint density at radius 3 is 2.67 bits per heavy atom. The SMILES string of the molecule is CC=C(C)CN1C[C@H](NC(=O)c2cc(=O)cc(C)o2)C[C@H]1C(=O)NC(C)C. The Hall–Kier alpha value is -2.41. The van der Waals surface area contributed by atoms with Crippen molar-refractivity contribution in [3.05, 3.63) is 45.5 Å². The number of nitrogens with zero attached hydrogens (tertiary/aromatic N) is 1. The van der Waals surface area contributed by atoms with E-state index in [2.05, 4.69) is 15.5 Å². The number of nitrogens with one attached hydrogen (secondary N) is 2. The highest BCUT2D eigenvalue weighted by molar-refractivity contribution is 5.91. The van der Waals surface area contributed by atoms with E-state index in [1.54, 1.807) is 6.92 Å². The summed E-state index contributed by atoms with van der Waals surface area (Å²) in [6, 6.07) is 2.06. The Kier molecular flexibility index (Phi) is 6.96. The molecule has 2 heterocycles. The molecule has 1 aromatic heterocycles. The van der Waals surface area contributed by atoms with E-state index < -0.39 is 5.91 Å². The van der Waals surface area contributed by atoms with Gasteiger partial charge in [0.15, 0.2) is 11.2 Å². The summed E-state index contributed by atoms with van der Waals surface area (Å²) in [5, 5.41) is 5.85. The molecule has 1 fully saturated rings. The van der Waals surface area contributed by atoms with Crippen LogP contribution in [0.2, 0.25) is 0 Å². The van der Waals surface area contributed by atoms with E-state index in [9.17, 15) is 14.4 Å². The fourth-order valence-corrected chi connectivity index (χ4v) is 3.22. The standard InChI is InChI=1S/C20H29N3O4/c1-6-13(4)10-23-11-15(8-17(23)19(25)21-12(2)3)22-20(26)18-9-16(24)7-14(5)27-18/h6-7,9,12,15,17H,8,10-11H2,1-5H3,(H,21,25)(H,22,26)/t15-,17+/m1/s1. The highest BCUT2D eigenvalue weighted by Crippen LogP contribution is 2.20. The lowest BCUT2D eigenvalue weighted by Gasteiger charge is -2.24. The maximum absolute atomic E-state index is 12.6. The number of carbonyl (C=O) groups is 2. The summed E-state index contributed by atoms with van der Waals surface area (Å²) in [4.78, 5) is 38.7. The summed E-state index contributed by atoms with van der Waals surface area (Å²) >= 11 is 0. The van der Waals surface area contributed by atoms with Crippen molar-refractivity contribution in [1.29, 1.82) is 0 Å². The molecular weight excluding hydrogens is 346 g/mol. The third kappa shape index (κ3) is 5.79. The fraction of sp³-hybridized carbons (Fsp3) is 0.550. The van der Waals surface area contributed by atoms with Crippen LogP contribution >= 0.6 is 0 Å². The Morgan fingerprint density at radius 1 is 1.37 bits per heavy atom. The number of rotatable bonds is 6. The van der Waals surface area contributed by atoms with Crippen LogP contribution in [0.25, 0.3) is 0 Å². The molecule has 1 aromatic rings. The van der Waals surface area contributed by atoms with Crippen LogP contribution in [0.3, 0.4) is 0 Å². The summed E-state index contributed by atoms with van der Waals surface area (Å²) in [6.45, 7) is 10.7. The highest BCUT2D eigenvalue weighted by atomic mass is 16.3. The van der Waals surface area contributed by atoms with E-state index in [0.717, 1.165) is 5.57 Å². The van der Waals surface area contributed by atoms with Gasteiger partial charge in [-0.15, -0.1) is 0 Å². The minimum absolute atomic E-state index is 0.00809. The van der Waals surface area contributed by atoms with Crippen molar-refractivity contribution >= 4 is 11.8 Å². The molecular formula is C20H29N3O4. The zero-order chi connectivity index (χ0) is 20.1. The summed E-state index contributed by atoms with van der Waals surface area (Å²) in [6.07, 6.45) is 2.53. The van der Waals surface area contributed by atoms with Crippen LogP contribution in [0.15, 0.2) is 33.0 Å². The van der Waals surface area contributed by atoms with Gasteiger partial charge in [-0.25, -0.2) is 0 Å². The molecule has 7 heteroatoms. The average Bonchev–Trinajstić information content (AvgIpc) is 2.95. The molecule has 0 bridgehead atoms. The zero-order valence-corrected chi connectivity index (χ0v) is 16.7. The van der Waals surface area contributed by atoms with Crippen molar-refractivity contribution in [3.8, 4) is 0 Å². The first-order valence-electron chi connectivity index (χ1n) is 9.28. The number of likely N-dealkylation sites (tertiary alicyclic amines) is 1. The minimum Gasteiger partial charge on any atom is -0.456 e. The number of aryl methyl sites for hydroxylation is 1. The maximum atomic E-state index is 12.6. The van der Waals surface area contributed by atoms with Crippen LogP contribution in [0.1, 0.15) is 50.4 Å². The smallest absolute Gasteiger partial charge is 0.287 e. The molecule has 0 saturated carbocycles. The van der Waals surface area contributed by atoms with E-state index in [1.807, 2.05) is 33.8 Å². The number of hydrogen-bond donors (Lipinski definition) is 2. The molecule has 2 rings (SSSR count). The number of allylic oxidation sites excluding steroid dienone is 1. The van der Waals surface area contributed by atoms with Gasteiger partial charge in [0.2, 0.25) is 5.91 Å². The summed E-state index contributed by atoms with van der Waals surface area (Å²) in [7, 11) is 0. The van der Waals surface area contributed by atoms with Gasteiger partial charge in [-0.2, -0.15) is 0 Å². The van der Waals surface area contributed by atoms with Crippen LogP contribution in [0.4, 0.5) is 0 Å². The van der Waals surface area contributed by atoms with Gasteiger partial charge < -0.3 is 15.1 Å². The van der Waals surface area contributed by atoms with Crippen LogP contribution in [0.5, 0.6) is 0 Å². The summed E-state index contributed by atoms with van der Waals surface area (Å²) < 4.78 is 5.35. The van der Waals surface area contributed by atoms with E-state index in [4.69, 9.17) is 4.42 Å². The first-order chi connectivity index (χ1) is 12.7. The topological polar surface area (TPSA) is 91.7 Å². The molecule has 2 atom stereocenters. The van der Waals surface area contributed by atoms with Crippen LogP contribution in [0, 0.1) is 6.92 Å². The quantitative estimate of drug-likeness (QED) is 0.737. The second-order valence-electron chi connectivity index (χ2n) is 7.42. The molecule has 0 unspecified atom stereocenters. The van der Waals surface area contributed by atoms with E-state index in [0.29, 0.717) is 25.3 Å². The predicted molar refractivity (Wildman–Crippen MR) is 104 cm³/mol. The normalized spacial score (nSPS) is 20.7. The van der Waals surface area contributed by atoms with Gasteiger partial charge in [-0.1, -0.05) is 11.6 Å². The molecule has 0 aromatic carbocycles. The summed E-state index contributed by atoms with van der Waals surface area (Å²) in [5.74, 6) is -0.0916. The lowest BCUT2D eigenvalue weighted by Crippen LogP contribution is -2.45. The van der Waals surface area contributed by atoms with Crippen molar-refractivity contribution in [3.63, 3.8) is 0 Å². The van der Waals surface area contributed by atoms with Crippen molar-refractivity contribution in [2.24, 2.45) is 0 Å². The monoisotopic (exact) mass is 375 g/mol. The maximum Gasteiger partial charge on any atom is 0.287 e. The Morgan fingerprint density at radius 2 is 2.07 bits per heavy atom. The summed E-state index contributed by atoms with van der Waals surface area (Å²) in [5.41, 5.74) is 0.892. The highest BCUT2D eigenvalue weighted by Gasteiger charge is 2.37. The van der Waals surface area contributed by atoms with Gasteiger partial charge >= 0.3 is 0 Å². The van der Waals surface area contributed by atoms with Gasteiger partial charge in [0.25, 0.3) is 5.91 Å². The zero-order valence-electron chi connectivity index (χ0n) is 16.7. The molecule has 0 radical (unpaired) electrons. The van der Waals surface area contributed by atoms with Crippen LogP contribution in [-0.4, -0.2) is 47.9 Å². The van der Waals surface area contributed by atoms with Crippen molar-refractivity contribution < 1.29 is 14.0 Å². The molecule has 0 spiro atoms. The molecule has 2 N–H and O–H groups in total. The van der Waals surface area contributed by atoms with Gasteiger partial charge in [-0.3, -0.25) is 19.3 Å².